The Labute approximate surface area is 104 Å². The molecule has 1 amide bonds. The van der Waals surface area contributed by atoms with Gasteiger partial charge in [0.05, 0.1) is 0 Å². The Morgan fingerprint density at radius 2 is 1.71 bits per heavy atom. The average Bonchev–Trinajstić information content (AvgIpc) is 2.16. The Kier molecular flexibility index (Phi) is 15.4. The summed E-state index contributed by atoms with van der Waals surface area (Å²) in [4.78, 5) is 20.8. The van der Waals surface area contributed by atoms with E-state index in [4.69, 9.17) is 9.84 Å². The number of alkyl carbamates (subject to hydrolysis) is 1. The zero-order chi connectivity index (χ0) is 14.5. The van der Waals surface area contributed by atoms with E-state index in [1.54, 1.807) is 26.8 Å². The predicted molar refractivity (Wildman–Crippen MR) is 69.1 cm³/mol. The zero-order valence-corrected chi connectivity index (χ0v) is 11.7. The first kappa shape index (κ1) is 20.8. The smallest absolute Gasteiger partial charge is 0.408 e. The number of allylic oxidation sites excluding steroid dienone is 1. The number of hydrogen-bond donors (Lipinski definition) is 2. The van der Waals surface area contributed by atoms with E-state index < -0.39 is 24.2 Å². The van der Waals surface area contributed by atoms with Crippen molar-refractivity contribution in [3.8, 4) is 0 Å². The van der Waals surface area contributed by atoms with E-state index in [-0.39, 0.29) is 0 Å². The molecule has 0 fully saturated rings. The first-order chi connectivity index (χ1) is 7.72. The number of carbonyl (C=O) groups excluding carboxylic acids is 1. The number of amides is 1. The van der Waals surface area contributed by atoms with Gasteiger partial charge in [-0.05, 0) is 27.7 Å². The molecule has 0 unspecified atom stereocenters. The van der Waals surface area contributed by atoms with Gasteiger partial charge in [-0.1, -0.05) is 19.9 Å². The maximum Gasteiger partial charge on any atom is 0.408 e. The molecule has 17 heavy (non-hydrogen) atoms. The molecule has 102 valence electrons. The normalized spacial score (nSPS) is 8.59. The lowest BCUT2D eigenvalue weighted by Crippen LogP contribution is -2.35. The molecule has 0 bridgehead atoms. The standard InChI is InChI=1S/C7H13NO4.C3H6.C2H6/c1-7(2,3)12-6(11)8-4-5(9)10;1-3-2;1-2/h4H2,1-3H3,(H,8,11)(H,9,10);3H,1H2,2H3;1-2H3. The van der Waals surface area contributed by atoms with Crippen LogP contribution in [0.1, 0.15) is 41.5 Å². The number of carboxylic acid groups (broad SMARTS) is 1. The van der Waals surface area contributed by atoms with E-state index in [2.05, 4.69) is 11.9 Å². The largest absolute Gasteiger partial charge is 0.480 e. The summed E-state index contributed by atoms with van der Waals surface area (Å²) in [6.07, 6.45) is 1.03. The van der Waals surface area contributed by atoms with Crippen molar-refractivity contribution in [2.75, 3.05) is 6.54 Å². The van der Waals surface area contributed by atoms with Crippen molar-refractivity contribution in [3.05, 3.63) is 12.7 Å². The SMILES string of the molecule is C=CC.CC.CC(C)(C)OC(=O)NCC(=O)O. The lowest BCUT2D eigenvalue weighted by atomic mass is 10.2. The molecule has 0 saturated heterocycles. The average molecular weight is 247 g/mol. The summed E-state index contributed by atoms with van der Waals surface area (Å²) in [6.45, 7) is 13.9. The van der Waals surface area contributed by atoms with E-state index in [1.807, 2.05) is 20.8 Å². The van der Waals surface area contributed by atoms with Crippen LogP contribution in [0.5, 0.6) is 0 Å². The lowest BCUT2D eigenvalue weighted by molar-refractivity contribution is -0.136. The van der Waals surface area contributed by atoms with Crippen LogP contribution < -0.4 is 5.32 Å². The second-order valence-electron chi connectivity index (χ2n) is 3.66. The minimum Gasteiger partial charge on any atom is -0.480 e. The number of hydrogen-bond acceptors (Lipinski definition) is 3. The lowest BCUT2D eigenvalue weighted by Gasteiger charge is -2.19. The van der Waals surface area contributed by atoms with Gasteiger partial charge in [-0.15, -0.1) is 6.58 Å². The first-order valence-corrected chi connectivity index (χ1v) is 5.48. The highest BCUT2D eigenvalue weighted by Crippen LogP contribution is 2.05. The second kappa shape index (κ2) is 12.5. The molecule has 0 heterocycles. The summed E-state index contributed by atoms with van der Waals surface area (Å²) in [7, 11) is 0. The molecule has 0 aliphatic heterocycles. The Hall–Kier alpha value is -1.52. The van der Waals surface area contributed by atoms with E-state index in [1.165, 1.54) is 0 Å². The third-order valence-corrected chi connectivity index (χ3v) is 0.783. The monoisotopic (exact) mass is 247 g/mol. The fourth-order valence-electron chi connectivity index (χ4n) is 0.462. The number of nitrogens with one attached hydrogen (secondary N) is 1. The predicted octanol–water partition coefficient (Wildman–Crippen LogP) is 2.81. The molecular formula is C12H25NO4. The van der Waals surface area contributed by atoms with Crippen molar-refractivity contribution >= 4 is 12.1 Å². The minimum atomic E-state index is -1.10. The third-order valence-electron chi connectivity index (χ3n) is 0.783. The van der Waals surface area contributed by atoms with E-state index in [0.717, 1.165) is 0 Å². The fraction of sp³-hybridized carbons (Fsp3) is 0.667. The number of rotatable bonds is 2. The summed E-state index contributed by atoms with van der Waals surface area (Å²) < 4.78 is 4.77. The Balaban J connectivity index is -0.000000337. The maximum atomic E-state index is 10.8. The molecule has 5 heteroatoms. The van der Waals surface area contributed by atoms with Crippen LogP contribution in [-0.2, 0) is 9.53 Å². The van der Waals surface area contributed by atoms with Crippen LogP contribution in [0.4, 0.5) is 4.79 Å². The molecule has 0 aliphatic rings. The van der Waals surface area contributed by atoms with Crippen LogP contribution in [0.2, 0.25) is 0 Å². The van der Waals surface area contributed by atoms with Gasteiger partial charge >= 0.3 is 12.1 Å². The van der Waals surface area contributed by atoms with Crippen LogP contribution in [-0.4, -0.2) is 29.3 Å². The van der Waals surface area contributed by atoms with Crippen LogP contribution >= 0.6 is 0 Å². The first-order valence-electron chi connectivity index (χ1n) is 5.48. The molecular weight excluding hydrogens is 222 g/mol. The van der Waals surface area contributed by atoms with Crippen molar-refractivity contribution in [1.29, 1.82) is 0 Å². The van der Waals surface area contributed by atoms with Crippen molar-refractivity contribution in [1.82, 2.24) is 5.32 Å². The highest BCUT2D eigenvalue weighted by Gasteiger charge is 2.15. The molecule has 0 rings (SSSR count). The molecule has 5 nitrogen and oxygen atoms in total. The zero-order valence-electron chi connectivity index (χ0n) is 11.7. The van der Waals surface area contributed by atoms with Gasteiger partial charge in [-0.25, -0.2) is 4.79 Å². The van der Waals surface area contributed by atoms with Crippen molar-refractivity contribution in [2.24, 2.45) is 0 Å². The molecule has 0 aromatic rings. The molecule has 0 aromatic heterocycles. The van der Waals surface area contributed by atoms with Gasteiger partial charge in [-0.2, -0.15) is 0 Å². The van der Waals surface area contributed by atoms with E-state index in [9.17, 15) is 9.59 Å². The van der Waals surface area contributed by atoms with E-state index >= 15 is 0 Å². The number of ether oxygens (including phenoxy) is 1. The molecule has 0 atom stereocenters. The maximum absolute atomic E-state index is 10.8. The molecule has 0 radical (unpaired) electrons. The topological polar surface area (TPSA) is 75.6 Å². The second-order valence-corrected chi connectivity index (χ2v) is 3.66. The third kappa shape index (κ3) is 31.4. The summed E-state index contributed by atoms with van der Waals surface area (Å²) in [5, 5.41) is 10.3. The van der Waals surface area contributed by atoms with Gasteiger partial charge in [0.15, 0.2) is 0 Å². The van der Waals surface area contributed by atoms with Gasteiger partial charge in [0.2, 0.25) is 0 Å². The van der Waals surface area contributed by atoms with Gasteiger partial charge in [0.1, 0.15) is 12.1 Å². The quantitative estimate of drug-likeness (QED) is 0.736. The van der Waals surface area contributed by atoms with Crippen LogP contribution in [0, 0.1) is 0 Å². The van der Waals surface area contributed by atoms with Crippen molar-refractivity contribution in [3.63, 3.8) is 0 Å². The van der Waals surface area contributed by atoms with Crippen LogP contribution in [0.15, 0.2) is 12.7 Å². The fourth-order valence-corrected chi connectivity index (χ4v) is 0.462. The highest BCUT2D eigenvalue weighted by atomic mass is 16.6. The van der Waals surface area contributed by atoms with Crippen molar-refractivity contribution < 1.29 is 19.4 Å². The molecule has 0 saturated carbocycles. The van der Waals surface area contributed by atoms with Gasteiger partial charge < -0.3 is 15.2 Å². The molecule has 2 N–H and O–H groups in total. The van der Waals surface area contributed by atoms with E-state index in [0.29, 0.717) is 0 Å². The Morgan fingerprint density at radius 3 is 1.94 bits per heavy atom. The summed E-state index contributed by atoms with van der Waals surface area (Å²) >= 11 is 0. The van der Waals surface area contributed by atoms with Crippen LogP contribution in [0.3, 0.4) is 0 Å². The number of carbonyl (C=O) groups is 2. The summed E-state index contributed by atoms with van der Waals surface area (Å²) in [5.41, 5.74) is -0.595. The highest BCUT2D eigenvalue weighted by molar-refractivity contribution is 5.76. The van der Waals surface area contributed by atoms with Crippen molar-refractivity contribution in [2.45, 2.75) is 47.1 Å². The Morgan fingerprint density at radius 1 is 1.35 bits per heavy atom. The van der Waals surface area contributed by atoms with Gasteiger partial charge in [0, 0.05) is 0 Å². The minimum absolute atomic E-state index is 0.422. The molecule has 0 aromatic carbocycles. The summed E-state index contributed by atoms with van der Waals surface area (Å²) in [5.74, 6) is -1.10. The number of carboxylic acids is 1. The number of aliphatic carboxylic acids is 1. The molecule has 0 aliphatic carbocycles. The van der Waals surface area contributed by atoms with Crippen LogP contribution in [0.25, 0.3) is 0 Å². The van der Waals surface area contributed by atoms with Gasteiger partial charge in [0.25, 0.3) is 0 Å². The molecule has 0 spiro atoms. The van der Waals surface area contributed by atoms with Gasteiger partial charge in [-0.3, -0.25) is 4.79 Å². The summed E-state index contributed by atoms with van der Waals surface area (Å²) in [6, 6.07) is 0. The Bertz CT molecular complexity index is 219.